The molecule has 0 aromatic carbocycles. The Morgan fingerprint density at radius 2 is 2.19 bits per heavy atom. The maximum Gasteiger partial charge on any atom is 0.413 e. The topological polar surface area (TPSA) is 65.5 Å². The van der Waals surface area contributed by atoms with Crippen LogP contribution in [0.4, 0.5) is 10.6 Å². The van der Waals surface area contributed by atoms with Crippen molar-refractivity contribution in [3.05, 3.63) is 24.4 Å². The number of amides is 1. The molecule has 2 rings (SSSR count). The van der Waals surface area contributed by atoms with E-state index in [4.69, 9.17) is 0 Å². The van der Waals surface area contributed by atoms with Crippen molar-refractivity contribution in [1.82, 2.24) is 10.3 Å². The van der Waals surface area contributed by atoms with Gasteiger partial charge in [-0.2, -0.15) is 0 Å². The molecule has 0 unspecified atom stereocenters. The normalized spacial score (nSPS) is 17.0. The summed E-state index contributed by atoms with van der Waals surface area (Å²) >= 11 is 0. The zero-order valence-electron chi connectivity index (χ0n) is 8.97. The Morgan fingerprint density at radius 1 is 1.44 bits per heavy atom. The fraction of sp³-hybridized carbons (Fsp3) is 0.455. The Balaban J connectivity index is 2.20. The van der Waals surface area contributed by atoms with Crippen LogP contribution in [0.3, 0.4) is 0 Å². The highest BCUT2D eigenvalue weighted by Crippen LogP contribution is 2.19. The third kappa shape index (κ3) is 2.30. The largest absolute Gasteiger partial charge is 0.465 e. The third-order valence-corrected chi connectivity index (χ3v) is 2.78. The summed E-state index contributed by atoms with van der Waals surface area (Å²) < 4.78 is 0. The Bertz CT molecular complexity index is 350. The predicted molar refractivity (Wildman–Crippen MR) is 60.6 cm³/mol. The zero-order chi connectivity index (χ0) is 11.4. The molecule has 1 aromatic rings. The number of pyridine rings is 1. The molecule has 2 heterocycles. The fourth-order valence-electron chi connectivity index (χ4n) is 2.00. The summed E-state index contributed by atoms with van der Waals surface area (Å²) in [7, 11) is 0. The second-order valence-electron chi connectivity index (χ2n) is 3.82. The molecule has 0 atom stereocenters. The Hall–Kier alpha value is -1.62. The molecule has 1 saturated heterocycles. The van der Waals surface area contributed by atoms with Gasteiger partial charge in [0.15, 0.2) is 0 Å². The van der Waals surface area contributed by atoms with Crippen LogP contribution in [-0.4, -0.2) is 35.3 Å². The minimum atomic E-state index is -0.925. The van der Waals surface area contributed by atoms with Gasteiger partial charge in [0.25, 0.3) is 0 Å². The van der Waals surface area contributed by atoms with Gasteiger partial charge in [-0.15, -0.1) is 0 Å². The molecule has 86 valence electrons. The number of piperidine rings is 1. The molecule has 1 fully saturated rings. The number of rotatable bonds is 2. The van der Waals surface area contributed by atoms with Crippen molar-refractivity contribution in [1.29, 1.82) is 0 Å². The molecular weight excluding hydrogens is 206 g/mol. The lowest BCUT2D eigenvalue weighted by atomic mass is 10.1. The summed E-state index contributed by atoms with van der Waals surface area (Å²) in [5.41, 5.74) is 0. The molecule has 5 nitrogen and oxygen atoms in total. The molecule has 0 bridgehead atoms. The third-order valence-electron chi connectivity index (χ3n) is 2.78. The molecule has 0 spiro atoms. The zero-order valence-corrected chi connectivity index (χ0v) is 8.97. The van der Waals surface area contributed by atoms with Crippen molar-refractivity contribution >= 4 is 11.9 Å². The highest BCUT2D eigenvalue weighted by atomic mass is 16.4. The molecule has 2 N–H and O–H groups in total. The van der Waals surface area contributed by atoms with Crippen LogP contribution in [0.2, 0.25) is 0 Å². The number of carbonyl (C=O) groups is 1. The number of carboxylic acid groups (broad SMARTS) is 1. The molecule has 0 aliphatic carbocycles. The Kier molecular flexibility index (Phi) is 3.36. The average molecular weight is 221 g/mol. The fourth-order valence-corrected chi connectivity index (χ4v) is 2.00. The first kappa shape index (κ1) is 10.9. The lowest BCUT2D eigenvalue weighted by Crippen LogP contribution is -2.46. The van der Waals surface area contributed by atoms with Gasteiger partial charge in [-0.1, -0.05) is 6.07 Å². The van der Waals surface area contributed by atoms with Gasteiger partial charge in [0.1, 0.15) is 5.82 Å². The van der Waals surface area contributed by atoms with Crippen LogP contribution in [0, 0.1) is 0 Å². The predicted octanol–water partition coefficient (Wildman–Crippen LogP) is 1.32. The van der Waals surface area contributed by atoms with E-state index in [1.165, 1.54) is 4.90 Å². The number of aromatic nitrogens is 1. The Morgan fingerprint density at radius 3 is 2.75 bits per heavy atom. The number of nitrogens with one attached hydrogen (secondary N) is 1. The maximum atomic E-state index is 11.3. The average Bonchev–Trinajstić information content (AvgIpc) is 2.31. The highest BCUT2D eigenvalue weighted by molar-refractivity contribution is 5.85. The van der Waals surface area contributed by atoms with Crippen molar-refractivity contribution < 1.29 is 9.90 Å². The quantitative estimate of drug-likeness (QED) is 0.790. The van der Waals surface area contributed by atoms with E-state index in [1.54, 1.807) is 24.4 Å². The molecule has 0 radical (unpaired) electrons. The van der Waals surface area contributed by atoms with Gasteiger partial charge in [0.2, 0.25) is 0 Å². The van der Waals surface area contributed by atoms with Crippen LogP contribution < -0.4 is 10.2 Å². The van der Waals surface area contributed by atoms with Crippen LogP contribution in [0.5, 0.6) is 0 Å². The summed E-state index contributed by atoms with van der Waals surface area (Å²) in [5, 5.41) is 12.5. The number of nitrogens with zero attached hydrogens (tertiary/aromatic N) is 2. The van der Waals surface area contributed by atoms with E-state index in [9.17, 15) is 9.90 Å². The maximum absolute atomic E-state index is 11.3. The molecule has 16 heavy (non-hydrogen) atoms. The lowest BCUT2D eigenvalue weighted by molar-refractivity contribution is 0.196. The highest BCUT2D eigenvalue weighted by Gasteiger charge is 2.26. The van der Waals surface area contributed by atoms with Gasteiger partial charge in [-0.25, -0.2) is 9.78 Å². The smallest absolute Gasteiger partial charge is 0.413 e. The number of hydrogen-bond acceptors (Lipinski definition) is 3. The van der Waals surface area contributed by atoms with Crippen LogP contribution in [0.25, 0.3) is 0 Å². The minimum Gasteiger partial charge on any atom is -0.465 e. The van der Waals surface area contributed by atoms with Gasteiger partial charge in [-0.3, -0.25) is 4.90 Å². The number of anilines is 1. The molecule has 1 aromatic heterocycles. The summed E-state index contributed by atoms with van der Waals surface area (Å²) in [4.78, 5) is 16.7. The van der Waals surface area contributed by atoms with Gasteiger partial charge in [-0.05, 0) is 38.1 Å². The van der Waals surface area contributed by atoms with Crippen molar-refractivity contribution in [2.24, 2.45) is 0 Å². The van der Waals surface area contributed by atoms with Crippen molar-refractivity contribution in [3.8, 4) is 0 Å². The van der Waals surface area contributed by atoms with Gasteiger partial charge in [0, 0.05) is 12.2 Å². The van der Waals surface area contributed by atoms with E-state index in [0.29, 0.717) is 5.82 Å². The first-order valence-corrected chi connectivity index (χ1v) is 5.43. The van der Waals surface area contributed by atoms with Crippen molar-refractivity contribution in [2.45, 2.75) is 18.9 Å². The van der Waals surface area contributed by atoms with E-state index in [2.05, 4.69) is 10.3 Å². The van der Waals surface area contributed by atoms with Crippen molar-refractivity contribution in [3.63, 3.8) is 0 Å². The van der Waals surface area contributed by atoms with Gasteiger partial charge < -0.3 is 10.4 Å². The summed E-state index contributed by atoms with van der Waals surface area (Å²) in [6.45, 7) is 1.72. The van der Waals surface area contributed by atoms with Crippen molar-refractivity contribution in [2.75, 3.05) is 18.0 Å². The van der Waals surface area contributed by atoms with E-state index in [-0.39, 0.29) is 6.04 Å². The summed E-state index contributed by atoms with van der Waals surface area (Å²) in [6, 6.07) is 5.36. The van der Waals surface area contributed by atoms with E-state index in [1.807, 2.05) is 0 Å². The van der Waals surface area contributed by atoms with Crippen LogP contribution in [-0.2, 0) is 0 Å². The standard InChI is InChI=1S/C11H15N3O2/c15-11(16)14(9-4-7-12-8-5-9)10-3-1-2-6-13-10/h1-3,6,9,12H,4-5,7-8H2,(H,15,16). The van der Waals surface area contributed by atoms with Crippen LogP contribution in [0.1, 0.15) is 12.8 Å². The van der Waals surface area contributed by atoms with E-state index >= 15 is 0 Å². The lowest BCUT2D eigenvalue weighted by Gasteiger charge is -2.31. The molecule has 0 saturated carbocycles. The summed E-state index contributed by atoms with van der Waals surface area (Å²) in [5.74, 6) is 0.516. The van der Waals surface area contributed by atoms with Crippen LogP contribution >= 0.6 is 0 Å². The SMILES string of the molecule is O=C(O)N(c1ccccn1)C1CCNCC1. The first-order chi connectivity index (χ1) is 7.79. The molecular formula is C11H15N3O2. The second-order valence-corrected chi connectivity index (χ2v) is 3.82. The van der Waals surface area contributed by atoms with Crippen LogP contribution in [0.15, 0.2) is 24.4 Å². The molecule has 1 amide bonds. The van der Waals surface area contributed by atoms with E-state index < -0.39 is 6.09 Å². The van der Waals surface area contributed by atoms with Gasteiger partial charge in [0.05, 0.1) is 0 Å². The second kappa shape index (κ2) is 4.94. The Labute approximate surface area is 94.1 Å². The molecule has 1 aliphatic heterocycles. The molecule has 1 aliphatic rings. The summed E-state index contributed by atoms with van der Waals surface area (Å²) in [6.07, 6.45) is 2.36. The van der Waals surface area contributed by atoms with Gasteiger partial charge >= 0.3 is 6.09 Å². The minimum absolute atomic E-state index is 0.0358. The molecule has 5 heteroatoms. The number of hydrogen-bond donors (Lipinski definition) is 2. The first-order valence-electron chi connectivity index (χ1n) is 5.43. The monoisotopic (exact) mass is 221 g/mol. The van der Waals surface area contributed by atoms with E-state index in [0.717, 1.165) is 25.9 Å².